The number of likely N-dealkylation sites (tertiary alicyclic amines) is 1. The zero-order chi connectivity index (χ0) is 26.3. The number of hydroxylamine groups is 2. The van der Waals surface area contributed by atoms with Gasteiger partial charge in [0.05, 0.1) is 20.3 Å². The molecule has 204 valence electrons. The minimum Gasteiger partial charge on any atom is -0.501 e. The first-order valence-electron chi connectivity index (χ1n) is 14.0. The standard InChI is InChI=1S/C30H44N2O5/c1-5-16-32(37-17-6-2)29(33)21-31-20-24(23-12-13-26-27(19-23)36-22-35-26)18-25(31)10-9-15-30(3)14-8-7-11-28(30)34-4/h7-8,11-13,19,24-25H,5-6,9-10,14-18,20-22H2,1-4H3/t24-,25+,30?/m1/s1. The summed E-state index contributed by atoms with van der Waals surface area (Å²) in [6.45, 7) is 9.15. The molecule has 0 bridgehead atoms. The van der Waals surface area contributed by atoms with Crippen LogP contribution in [-0.4, -0.2) is 62.1 Å². The zero-order valence-corrected chi connectivity index (χ0v) is 23.0. The Balaban J connectivity index is 1.44. The number of carbonyl (C=O) groups is 1. The molecule has 1 aliphatic carbocycles. The van der Waals surface area contributed by atoms with Gasteiger partial charge in [-0.2, -0.15) is 0 Å². The maximum Gasteiger partial charge on any atom is 0.260 e. The summed E-state index contributed by atoms with van der Waals surface area (Å²) in [6.07, 6.45) is 13.4. The average molecular weight is 513 g/mol. The predicted octanol–water partition coefficient (Wildman–Crippen LogP) is 5.82. The lowest BCUT2D eigenvalue weighted by Crippen LogP contribution is -2.42. The first-order valence-corrected chi connectivity index (χ1v) is 14.0. The van der Waals surface area contributed by atoms with E-state index in [-0.39, 0.29) is 18.1 Å². The first kappa shape index (κ1) is 27.5. The molecule has 1 aromatic carbocycles. The van der Waals surface area contributed by atoms with Gasteiger partial charge in [0.15, 0.2) is 11.5 Å². The van der Waals surface area contributed by atoms with Crippen molar-refractivity contribution in [2.45, 2.75) is 77.7 Å². The van der Waals surface area contributed by atoms with E-state index in [0.717, 1.165) is 68.7 Å². The van der Waals surface area contributed by atoms with Crippen molar-refractivity contribution < 1.29 is 23.8 Å². The number of benzene rings is 1. The molecule has 0 spiro atoms. The molecule has 3 aliphatic rings. The quantitative estimate of drug-likeness (QED) is 0.311. The normalized spacial score (nSPS) is 24.8. The van der Waals surface area contributed by atoms with Crippen molar-refractivity contribution in [2.75, 3.05) is 40.1 Å². The molecule has 0 aromatic heterocycles. The monoisotopic (exact) mass is 512 g/mol. The molecule has 1 aromatic rings. The minimum atomic E-state index is 0.0331. The van der Waals surface area contributed by atoms with E-state index in [1.54, 1.807) is 12.2 Å². The van der Waals surface area contributed by atoms with Gasteiger partial charge in [-0.3, -0.25) is 14.5 Å². The van der Waals surface area contributed by atoms with Crippen LogP contribution in [0.1, 0.15) is 77.2 Å². The average Bonchev–Trinajstić information content (AvgIpc) is 3.53. The second kappa shape index (κ2) is 12.8. The van der Waals surface area contributed by atoms with Crippen LogP contribution in [0.15, 0.2) is 42.2 Å². The summed E-state index contributed by atoms with van der Waals surface area (Å²) in [5.41, 5.74) is 1.29. The molecule has 2 aliphatic heterocycles. The van der Waals surface area contributed by atoms with E-state index in [0.29, 0.717) is 31.7 Å². The maximum atomic E-state index is 13.3. The van der Waals surface area contributed by atoms with Crippen LogP contribution in [0.2, 0.25) is 0 Å². The Hall–Kier alpha value is -2.51. The molecule has 3 atom stereocenters. The van der Waals surface area contributed by atoms with E-state index in [9.17, 15) is 4.79 Å². The van der Waals surface area contributed by atoms with E-state index in [4.69, 9.17) is 19.0 Å². The highest BCUT2D eigenvalue weighted by atomic mass is 16.7. The predicted molar refractivity (Wildman–Crippen MR) is 144 cm³/mol. The van der Waals surface area contributed by atoms with Gasteiger partial charge in [-0.15, -0.1) is 0 Å². The summed E-state index contributed by atoms with van der Waals surface area (Å²) in [5.74, 6) is 3.11. The number of fused-ring (bicyclic) bond motifs is 1. The molecule has 0 N–H and O–H groups in total. The van der Waals surface area contributed by atoms with Crippen molar-refractivity contribution in [1.29, 1.82) is 0 Å². The Morgan fingerprint density at radius 2 is 2.05 bits per heavy atom. The Kier molecular flexibility index (Phi) is 9.54. The largest absolute Gasteiger partial charge is 0.501 e. The molecular formula is C30H44N2O5. The Morgan fingerprint density at radius 3 is 2.84 bits per heavy atom. The lowest BCUT2D eigenvalue weighted by Gasteiger charge is -2.33. The summed E-state index contributed by atoms with van der Waals surface area (Å²) in [5, 5.41) is 1.58. The number of allylic oxidation sites excluding steroid dienone is 4. The fourth-order valence-electron chi connectivity index (χ4n) is 5.86. The van der Waals surface area contributed by atoms with Crippen molar-refractivity contribution in [3.05, 3.63) is 47.7 Å². The van der Waals surface area contributed by atoms with E-state index >= 15 is 0 Å². The molecule has 1 saturated heterocycles. The number of hydrogen-bond donors (Lipinski definition) is 0. The van der Waals surface area contributed by atoms with Gasteiger partial charge >= 0.3 is 0 Å². The second-order valence-corrected chi connectivity index (χ2v) is 10.8. The van der Waals surface area contributed by atoms with E-state index in [2.05, 4.69) is 56.0 Å². The molecule has 1 fully saturated rings. The molecule has 0 radical (unpaired) electrons. The summed E-state index contributed by atoms with van der Waals surface area (Å²) >= 11 is 0. The van der Waals surface area contributed by atoms with Gasteiger partial charge in [0.25, 0.3) is 5.91 Å². The minimum absolute atomic E-state index is 0.0331. The highest BCUT2D eigenvalue weighted by Crippen LogP contribution is 2.42. The van der Waals surface area contributed by atoms with Gasteiger partial charge in [-0.05, 0) is 68.2 Å². The summed E-state index contributed by atoms with van der Waals surface area (Å²) < 4.78 is 16.9. The number of ether oxygens (including phenoxy) is 3. The van der Waals surface area contributed by atoms with E-state index < -0.39 is 0 Å². The number of hydrogen-bond acceptors (Lipinski definition) is 6. The summed E-state index contributed by atoms with van der Waals surface area (Å²) in [7, 11) is 1.77. The third-order valence-electron chi connectivity index (χ3n) is 7.92. The fraction of sp³-hybridized carbons (Fsp3) is 0.633. The zero-order valence-electron chi connectivity index (χ0n) is 23.0. The van der Waals surface area contributed by atoms with E-state index in [1.165, 1.54) is 5.56 Å². The highest BCUT2D eigenvalue weighted by molar-refractivity contribution is 5.77. The topological polar surface area (TPSA) is 60.5 Å². The van der Waals surface area contributed by atoms with Crippen LogP contribution in [0.3, 0.4) is 0 Å². The van der Waals surface area contributed by atoms with Gasteiger partial charge in [0, 0.05) is 24.5 Å². The number of methoxy groups -OCH3 is 1. The highest BCUT2D eigenvalue weighted by Gasteiger charge is 2.36. The van der Waals surface area contributed by atoms with Crippen molar-refractivity contribution in [3.63, 3.8) is 0 Å². The lowest BCUT2D eigenvalue weighted by molar-refractivity contribution is -0.188. The summed E-state index contributed by atoms with van der Waals surface area (Å²) in [6, 6.07) is 6.62. The maximum absolute atomic E-state index is 13.3. The molecule has 2 heterocycles. The van der Waals surface area contributed by atoms with Crippen molar-refractivity contribution in [2.24, 2.45) is 5.41 Å². The first-order chi connectivity index (χ1) is 18.0. The summed E-state index contributed by atoms with van der Waals surface area (Å²) in [4.78, 5) is 21.5. The molecule has 7 nitrogen and oxygen atoms in total. The van der Waals surface area contributed by atoms with Crippen LogP contribution in [0.5, 0.6) is 11.5 Å². The van der Waals surface area contributed by atoms with Gasteiger partial charge in [0.1, 0.15) is 5.76 Å². The lowest BCUT2D eigenvalue weighted by atomic mass is 9.77. The second-order valence-electron chi connectivity index (χ2n) is 10.8. The molecule has 0 saturated carbocycles. The molecule has 37 heavy (non-hydrogen) atoms. The fourth-order valence-corrected chi connectivity index (χ4v) is 5.86. The third-order valence-corrected chi connectivity index (χ3v) is 7.92. The number of nitrogens with zero attached hydrogens (tertiary/aromatic N) is 2. The van der Waals surface area contributed by atoms with E-state index in [1.807, 2.05) is 6.07 Å². The van der Waals surface area contributed by atoms with Crippen LogP contribution >= 0.6 is 0 Å². The van der Waals surface area contributed by atoms with Crippen LogP contribution in [0.25, 0.3) is 0 Å². The molecule has 7 heteroatoms. The van der Waals surface area contributed by atoms with Crippen LogP contribution in [-0.2, 0) is 14.4 Å². The van der Waals surface area contributed by atoms with Crippen LogP contribution in [0.4, 0.5) is 0 Å². The van der Waals surface area contributed by atoms with Gasteiger partial charge < -0.3 is 14.2 Å². The van der Waals surface area contributed by atoms with Gasteiger partial charge in [0.2, 0.25) is 6.79 Å². The van der Waals surface area contributed by atoms with Gasteiger partial charge in [-0.25, -0.2) is 5.06 Å². The molecule has 1 amide bonds. The molecular weight excluding hydrogens is 468 g/mol. The SMILES string of the molecule is CCCON(CCC)C(=O)CN1C[C@H](c2ccc3c(c2)OCO3)C[C@@H]1CCCC1(C)CC=CC=C1OC. The molecule has 1 unspecified atom stereocenters. The molecule has 4 rings (SSSR count). The Morgan fingerprint density at radius 1 is 1.22 bits per heavy atom. The van der Waals surface area contributed by atoms with Gasteiger partial charge in [-0.1, -0.05) is 45.4 Å². The Bertz CT molecular complexity index is 977. The third kappa shape index (κ3) is 6.68. The smallest absolute Gasteiger partial charge is 0.260 e. The number of amides is 1. The van der Waals surface area contributed by atoms with Crippen molar-refractivity contribution in [3.8, 4) is 11.5 Å². The van der Waals surface area contributed by atoms with Crippen molar-refractivity contribution >= 4 is 5.91 Å². The van der Waals surface area contributed by atoms with Crippen molar-refractivity contribution in [1.82, 2.24) is 9.96 Å². The number of carbonyl (C=O) groups excluding carboxylic acids is 1. The number of rotatable bonds is 13. The van der Waals surface area contributed by atoms with Crippen LogP contribution < -0.4 is 9.47 Å². The van der Waals surface area contributed by atoms with Crippen LogP contribution in [0, 0.1) is 5.41 Å². The Labute approximate surface area is 222 Å².